The molecule has 0 spiro atoms. The fourth-order valence-corrected chi connectivity index (χ4v) is 3.07. The summed E-state index contributed by atoms with van der Waals surface area (Å²) in [6.07, 6.45) is 4.12. The van der Waals surface area contributed by atoms with Crippen LogP contribution in [0.2, 0.25) is 0 Å². The molecule has 1 saturated heterocycles. The molecule has 2 heteroatoms. The van der Waals surface area contributed by atoms with Crippen LogP contribution in [0.3, 0.4) is 0 Å². The largest absolute Gasteiger partial charge is 0.497 e. The molecular formula is C16H21NO. The first-order chi connectivity index (χ1) is 8.79. The van der Waals surface area contributed by atoms with Gasteiger partial charge in [-0.05, 0) is 67.3 Å². The third-order valence-corrected chi connectivity index (χ3v) is 4.24. The number of ether oxygens (including phenoxy) is 1. The summed E-state index contributed by atoms with van der Waals surface area (Å²) in [5.41, 5.74) is 5.80. The number of likely N-dealkylation sites (tertiary alicyclic amines) is 1. The molecule has 0 N–H and O–H groups in total. The van der Waals surface area contributed by atoms with Gasteiger partial charge in [0.25, 0.3) is 0 Å². The highest BCUT2D eigenvalue weighted by molar-refractivity contribution is 6.04. The Morgan fingerprint density at radius 3 is 2.61 bits per heavy atom. The van der Waals surface area contributed by atoms with Gasteiger partial charge in [-0.15, -0.1) is 0 Å². The molecule has 18 heavy (non-hydrogen) atoms. The minimum Gasteiger partial charge on any atom is -0.497 e. The van der Waals surface area contributed by atoms with Crippen molar-refractivity contribution in [3.8, 4) is 5.75 Å². The highest BCUT2D eigenvalue weighted by atomic mass is 16.5. The first-order valence-electron chi connectivity index (χ1n) is 6.90. The minimum absolute atomic E-state index is 0.970. The lowest BCUT2D eigenvalue weighted by molar-refractivity contribution is 0.255. The number of hydrogen-bond donors (Lipinski definition) is 0. The molecule has 0 bridgehead atoms. The van der Waals surface area contributed by atoms with Crippen LogP contribution in [-0.2, 0) is 0 Å². The summed E-state index contributed by atoms with van der Waals surface area (Å²) >= 11 is 0. The van der Waals surface area contributed by atoms with E-state index in [2.05, 4.69) is 30.0 Å². The van der Waals surface area contributed by atoms with E-state index in [-0.39, 0.29) is 0 Å². The van der Waals surface area contributed by atoms with E-state index in [1.165, 1.54) is 54.6 Å². The van der Waals surface area contributed by atoms with Gasteiger partial charge < -0.3 is 4.74 Å². The Labute approximate surface area is 109 Å². The van der Waals surface area contributed by atoms with Gasteiger partial charge in [0, 0.05) is 6.54 Å². The van der Waals surface area contributed by atoms with Crippen LogP contribution < -0.4 is 4.74 Å². The van der Waals surface area contributed by atoms with E-state index in [9.17, 15) is 0 Å². The molecule has 1 fully saturated rings. The Morgan fingerprint density at radius 2 is 1.89 bits per heavy atom. The first-order valence-corrected chi connectivity index (χ1v) is 6.90. The van der Waals surface area contributed by atoms with E-state index in [1.807, 2.05) is 0 Å². The van der Waals surface area contributed by atoms with Gasteiger partial charge in [0.2, 0.25) is 0 Å². The van der Waals surface area contributed by atoms with Gasteiger partial charge in [-0.2, -0.15) is 0 Å². The predicted octanol–water partition coefficient (Wildman–Crippen LogP) is 3.43. The van der Waals surface area contributed by atoms with E-state index in [0.717, 1.165) is 12.3 Å². The molecule has 0 atom stereocenters. The van der Waals surface area contributed by atoms with Crippen molar-refractivity contribution in [3.63, 3.8) is 0 Å². The molecule has 0 saturated carbocycles. The summed E-state index contributed by atoms with van der Waals surface area (Å²) in [4.78, 5) is 2.59. The second kappa shape index (κ2) is 4.77. The van der Waals surface area contributed by atoms with E-state index < -0.39 is 0 Å². The summed E-state index contributed by atoms with van der Waals surface area (Å²) < 4.78 is 5.32. The average molecular weight is 243 g/mol. The number of allylic oxidation sites excluding steroid dienone is 1. The Bertz CT molecular complexity index is 484. The van der Waals surface area contributed by atoms with Crippen molar-refractivity contribution in [3.05, 3.63) is 29.3 Å². The average Bonchev–Trinajstić information content (AvgIpc) is 2.45. The van der Waals surface area contributed by atoms with Crippen molar-refractivity contribution in [2.75, 3.05) is 26.7 Å². The third-order valence-electron chi connectivity index (χ3n) is 4.24. The molecule has 1 aliphatic heterocycles. The SMILES string of the molecule is COc1ccc2c(c1)C(CN1CCCCC1)=C2C. The van der Waals surface area contributed by atoms with Crippen molar-refractivity contribution in [2.24, 2.45) is 0 Å². The molecule has 2 aliphatic rings. The van der Waals surface area contributed by atoms with E-state index in [0.29, 0.717) is 0 Å². The zero-order chi connectivity index (χ0) is 12.5. The molecule has 0 radical (unpaired) electrons. The van der Waals surface area contributed by atoms with Crippen molar-refractivity contribution in [1.82, 2.24) is 4.90 Å². The Hall–Kier alpha value is -1.28. The van der Waals surface area contributed by atoms with Gasteiger partial charge in [-0.25, -0.2) is 0 Å². The van der Waals surface area contributed by atoms with Crippen LogP contribution in [0, 0.1) is 0 Å². The standard InChI is InChI=1S/C16H21NO/c1-12-14-7-6-13(18-2)10-15(14)16(12)11-17-8-4-3-5-9-17/h6-7,10H,3-5,8-9,11H2,1-2H3. The third kappa shape index (κ3) is 1.95. The van der Waals surface area contributed by atoms with Crippen molar-refractivity contribution in [2.45, 2.75) is 26.2 Å². The number of piperidine rings is 1. The Balaban J connectivity index is 1.77. The molecule has 1 heterocycles. The molecule has 0 unspecified atom stereocenters. The zero-order valence-corrected chi connectivity index (χ0v) is 11.3. The highest BCUT2D eigenvalue weighted by Crippen LogP contribution is 2.42. The number of fused-ring (bicyclic) bond motifs is 1. The molecular weight excluding hydrogens is 222 g/mol. The lowest BCUT2D eigenvalue weighted by Crippen LogP contribution is -2.32. The van der Waals surface area contributed by atoms with Crippen molar-refractivity contribution < 1.29 is 4.74 Å². The van der Waals surface area contributed by atoms with Gasteiger partial charge in [0.1, 0.15) is 5.75 Å². The van der Waals surface area contributed by atoms with Crippen LogP contribution in [0.1, 0.15) is 37.3 Å². The highest BCUT2D eigenvalue weighted by Gasteiger charge is 2.25. The van der Waals surface area contributed by atoms with Crippen LogP contribution in [0.5, 0.6) is 5.75 Å². The number of nitrogens with zero attached hydrogens (tertiary/aromatic N) is 1. The lowest BCUT2D eigenvalue weighted by atomic mass is 9.81. The number of methoxy groups -OCH3 is 1. The maximum Gasteiger partial charge on any atom is 0.119 e. The molecule has 2 nitrogen and oxygen atoms in total. The summed E-state index contributed by atoms with van der Waals surface area (Å²) in [6.45, 7) is 5.88. The maximum atomic E-state index is 5.32. The summed E-state index contributed by atoms with van der Waals surface area (Å²) in [5, 5.41) is 0. The van der Waals surface area contributed by atoms with Gasteiger partial charge in [0.15, 0.2) is 0 Å². The molecule has 1 aliphatic carbocycles. The van der Waals surface area contributed by atoms with Gasteiger partial charge >= 0.3 is 0 Å². The normalized spacial score (nSPS) is 19.4. The molecule has 1 aromatic carbocycles. The zero-order valence-electron chi connectivity index (χ0n) is 11.3. The topological polar surface area (TPSA) is 12.5 Å². The minimum atomic E-state index is 0.970. The number of benzene rings is 1. The lowest BCUT2D eigenvalue weighted by Gasteiger charge is -2.33. The fraction of sp³-hybridized carbons (Fsp3) is 0.500. The van der Waals surface area contributed by atoms with Gasteiger partial charge in [-0.3, -0.25) is 4.90 Å². The summed E-state index contributed by atoms with van der Waals surface area (Å²) in [7, 11) is 1.74. The Morgan fingerprint density at radius 1 is 1.11 bits per heavy atom. The molecule has 1 aromatic rings. The molecule has 0 amide bonds. The van der Waals surface area contributed by atoms with Gasteiger partial charge in [-0.1, -0.05) is 12.5 Å². The van der Waals surface area contributed by atoms with Crippen LogP contribution in [-0.4, -0.2) is 31.6 Å². The van der Waals surface area contributed by atoms with Gasteiger partial charge in [0.05, 0.1) is 7.11 Å². The van der Waals surface area contributed by atoms with Crippen molar-refractivity contribution in [1.29, 1.82) is 0 Å². The van der Waals surface area contributed by atoms with Crippen molar-refractivity contribution >= 4 is 11.1 Å². The fourth-order valence-electron chi connectivity index (χ4n) is 3.07. The second-order valence-corrected chi connectivity index (χ2v) is 5.35. The summed E-state index contributed by atoms with van der Waals surface area (Å²) in [6, 6.07) is 6.42. The Kier molecular flexibility index (Phi) is 3.13. The maximum absolute atomic E-state index is 5.32. The number of rotatable bonds is 3. The van der Waals surface area contributed by atoms with E-state index in [4.69, 9.17) is 4.74 Å². The summed E-state index contributed by atoms with van der Waals surface area (Å²) in [5.74, 6) is 0.970. The van der Waals surface area contributed by atoms with Crippen LogP contribution >= 0.6 is 0 Å². The molecule has 3 rings (SSSR count). The first kappa shape index (κ1) is 11.8. The van der Waals surface area contributed by atoms with E-state index >= 15 is 0 Å². The molecule has 96 valence electrons. The monoisotopic (exact) mass is 243 g/mol. The molecule has 0 aromatic heterocycles. The number of hydrogen-bond acceptors (Lipinski definition) is 2. The van der Waals surface area contributed by atoms with Crippen LogP contribution in [0.4, 0.5) is 0 Å². The smallest absolute Gasteiger partial charge is 0.119 e. The second-order valence-electron chi connectivity index (χ2n) is 5.35. The van der Waals surface area contributed by atoms with Crippen LogP contribution in [0.15, 0.2) is 18.2 Å². The van der Waals surface area contributed by atoms with E-state index in [1.54, 1.807) is 7.11 Å². The quantitative estimate of drug-likeness (QED) is 0.806. The predicted molar refractivity (Wildman–Crippen MR) is 75.8 cm³/mol. The van der Waals surface area contributed by atoms with Crippen LogP contribution in [0.25, 0.3) is 11.1 Å².